The number of halogens is 1. The van der Waals surface area contributed by atoms with Gasteiger partial charge < -0.3 is 0 Å². The van der Waals surface area contributed by atoms with Crippen molar-refractivity contribution in [1.29, 1.82) is 0 Å². The van der Waals surface area contributed by atoms with E-state index in [4.69, 9.17) is 0 Å². The molecular weight excluding hydrogens is 301 g/mol. The van der Waals surface area contributed by atoms with Crippen molar-refractivity contribution in [2.75, 3.05) is 4.31 Å². The number of rotatable bonds is 4. The summed E-state index contributed by atoms with van der Waals surface area (Å²) in [7, 11) is 0. The van der Waals surface area contributed by atoms with Gasteiger partial charge in [-0.1, -0.05) is 37.1 Å². The molecule has 22 heavy (non-hydrogen) atoms. The summed E-state index contributed by atoms with van der Waals surface area (Å²) in [5.41, 5.74) is 2.63. The van der Waals surface area contributed by atoms with E-state index in [0.717, 1.165) is 42.5 Å². The third-order valence-electron chi connectivity index (χ3n) is 4.12. The molecule has 0 amide bonds. The van der Waals surface area contributed by atoms with Crippen LogP contribution < -0.4 is 4.31 Å². The van der Waals surface area contributed by atoms with Gasteiger partial charge in [-0.3, -0.25) is 8.86 Å². The Kier molecular flexibility index (Phi) is 4.55. The highest BCUT2D eigenvalue weighted by molar-refractivity contribution is 7.80. The molecule has 3 rings (SSSR count). The first-order chi connectivity index (χ1) is 10.6. The van der Waals surface area contributed by atoms with Gasteiger partial charge >= 0.3 is 0 Å². The van der Waals surface area contributed by atoms with Crippen LogP contribution in [0.3, 0.4) is 0 Å². The SMILES string of the molecule is O=S(O)N(c1ccc(-c2ccc(F)cc2)cc1)C1CCCC1. The lowest BCUT2D eigenvalue weighted by atomic mass is 10.1. The zero-order valence-corrected chi connectivity index (χ0v) is 12.9. The lowest BCUT2D eigenvalue weighted by molar-refractivity contribution is 0.545. The van der Waals surface area contributed by atoms with Crippen molar-refractivity contribution in [2.24, 2.45) is 0 Å². The van der Waals surface area contributed by atoms with Gasteiger partial charge in [0.25, 0.3) is 11.3 Å². The van der Waals surface area contributed by atoms with Gasteiger partial charge in [-0.15, -0.1) is 0 Å². The van der Waals surface area contributed by atoms with Crippen molar-refractivity contribution in [3.8, 4) is 11.1 Å². The van der Waals surface area contributed by atoms with Gasteiger partial charge in [0.05, 0.1) is 5.69 Å². The average molecular weight is 319 g/mol. The molecule has 0 radical (unpaired) electrons. The highest BCUT2D eigenvalue weighted by atomic mass is 32.2. The van der Waals surface area contributed by atoms with E-state index in [-0.39, 0.29) is 11.9 Å². The zero-order valence-electron chi connectivity index (χ0n) is 12.1. The van der Waals surface area contributed by atoms with Crippen LogP contribution in [-0.2, 0) is 11.3 Å². The quantitative estimate of drug-likeness (QED) is 0.850. The monoisotopic (exact) mass is 319 g/mol. The summed E-state index contributed by atoms with van der Waals surface area (Å²) in [4.78, 5) is 0. The fourth-order valence-electron chi connectivity index (χ4n) is 3.01. The van der Waals surface area contributed by atoms with Gasteiger partial charge in [-0.05, 0) is 48.2 Å². The number of anilines is 1. The summed E-state index contributed by atoms with van der Waals surface area (Å²) in [5.74, 6) is -0.261. The lowest BCUT2D eigenvalue weighted by Crippen LogP contribution is -2.34. The van der Waals surface area contributed by atoms with E-state index in [1.807, 2.05) is 24.3 Å². The maximum absolute atomic E-state index is 13.0. The summed E-state index contributed by atoms with van der Waals surface area (Å²) < 4.78 is 35.8. The Morgan fingerprint density at radius 2 is 1.45 bits per heavy atom. The van der Waals surface area contributed by atoms with E-state index in [1.54, 1.807) is 16.4 Å². The summed E-state index contributed by atoms with van der Waals surface area (Å²) in [6.07, 6.45) is 4.11. The zero-order chi connectivity index (χ0) is 15.5. The topological polar surface area (TPSA) is 40.5 Å². The lowest BCUT2D eigenvalue weighted by Gasteiger charge is -2.26. The smallest absolute Gasteiger partial charge is 0.262 e. The summed E-state index contributed by atoms with van der Waals surface area (Å²) in [6.45, 7) is 0. The first kappa shape index (κ1) is 15.2. The summed E-state index contributed by atoms with van der Waals surface area (Å²) in [6, 6.07) is 13.9. The molecule has 116 valence electrons. The van der Waals surface area contributed by atoms with Crippen LogP contribution in [0.2, 0.25) is 0 Å². The average Bonchev–Trinajstić information content (AvgIpc) is 3.03. The second kappa shape index (κ2) is 6.58. The van der Waals surface area contributed by atoms with E-state index in [1.165, 1.54) is 12.1 Å². The third kappa shape index (κ3) is 3.20. The fourth-order valence-corrected chi connectivity index (χ4v) is 3.78. The molecule has 2 aromatic carbocycles. The molecular formula is C17H18FNO2S. The Hall–Kier alpha value is -1.72. The van der Waals surface area contributed by atoms with Gasteiger partial charge in [0.15, 0.2) is 0 Å². The van der Waals surface area contributed by atoms with Crippen molar-refractivity contribution < 1.29 is 13.2 Å². The second-order valence-electron chi connectivity index (χ2n) is 5.55. The molecule has 1 N–H and O–H groups in total. The van der Waals surface area contributed by atoms with Gasteiger partial charge in [-0.2, -0.15) is 0 Å². The van der Waals surface area contributed by atoms with Crippen molar-refractivity contribution in [3.63, 3.8) is 0 Å². The summed E-state index contributed by atoms with van der Waals surface area (Å²) >= 11 is -2.01. The molecule has 0 aromatic heterocycles. The van der Waals surface area contributed by atoms with Crippen molar-refractivity contribution in [2.45, 2.75) is 31.7 Å². The molecule has 3 nitrogen and oxygen atoms in total. The standard InChI is InChI=1S/C17H18FNO2S/c18-15-9-5-13(6-10-15)14-7-11-17(12-8-14)19(22(20)21)16-3-1-2-4-16/h5-12,16H,1-4H2,(H,20,21). The van der Waals surface area contributed by atoms with Crippen molar-refractivity contribution in [3.05, 3.63) is 54.3 Å². The summed E-state index contributed by atoms with van der Waals surface area (Å²) in [5, 5.41) is 0. The largest absolute Gasteiger partial charge is 0.289 e. The van der Waals surface area contributed by atoms with E-state index < -0.39 is 11.3 Å². The maximum Gasteiger partial charge on any atom is 0.262 e. The van der Waals surface area contributed by atoms with Crippen molar-refractivity contribution >= 4 is 17.0 Å². The molecule has 0 bridgehead atoms. The molecule has 1 fully saturated rings. The Morgan fingerprint density at radius 1 is 0.955 bits per heavy atom. The van der Waals surface area contributed by atoms with E-state index >= 15 is 0 Å². The van der Waals surface area contributed by atoms with Crippen LogP contribution >= 0.6 is 0 Å². The molecule has 0 aliphatic heterocycles. The van der Waals surface area contributed by atoms with Crippen LogP contribution in [0, 0.1) is 5.82 Å². The molecule has 1 atom stereocenters. The van der Waals surface area contributed by atoms with Crippen molar-refractivity contribution in [1.82, 2.24) is 0 Å². The number of benzene rings is 2. The molecule has 1 aliphatic carbocycles. The van der Waals surface area contributed by atoms with Crippen LogP contribution in [0.15, 0.2) is 48.5 Å². The molecule has 5 heteroatoms. The highest BCUT2D eigenvalue weighted by Gasteiger charge is 2.26. The van der Waals surface area contributed by atoms with Crippen LogP contribution in [-0.4, -0.2) is 14.8 Å². The van der Waals surface area contributed by atoms with E-state index in [2.05, 4.69) is 0 Å². The Balaban J connectivity index is 1.85. The predicted molar refractivity (Wildman–Crippen MR) is 87.3 cm³/mol. The molecule has 0 spiro atoms. The third-order valence-corrected chi connectivity index (χ3v) is 4.97. The molecule has 2 aromatic rings. The minimum absolute atomic E-state index is 0.127. The van der Waals surface area contributed by atoms with Crippen LogP contribution in [0.25, 0.3) is 11.1 Å². The van der Waals surface area contributed by atoms with Gasteiger partial charge in [-0.25, -0.2) is 8.60 Å². The Morgan fingerprint density at radius 3 is 1.95 bits per heavy atom. The molecule has 0 heterocycles. The Labute approximate surface area is 132 Å². The number of hydrogen-bond acceptors (Lipinski definition) is 1. The predicted octanol–water partition coefficient (Wildman–Crippen LogP) is 4.38. The van der Waals surface area contributed by atoms with Crippen LogP contribution in [0.4, 0.5) is 10.1 Å². The van der Waals surface area contributed by atoms with Gasteiger partial charge in [0.2, 0.25) is 0 Å². The van der Waals surface area contributed by atoms with Gasteiger partial charge in [0.1, 0.15) is 5.82 Å². The Bertz CT molecular complexity index is 651. The minimum Gasteiger partial charge on any atom is -0.289 e. The minimum atomic E-state index is -2.01. The van der Waals surface area contributed by atoms with Crippen LogP contribution in [0.1, 0.15) is 25.7 Å². The maximum atomic E-state index is 13.0. The van der Waals surface area contributed by atoms with Gasteiger partial charge in [0, 0.05) is 6.04 Å². The fraction of sp³-hybridized carbons (Fsp3) is 0.294. The van der Waals surface area contributed by atoms with E-state index in [0.29, 0.717) is 0 Å². The normalized spacial score (nSPS) is 16.6. The number of nitrogens with zero attached hydrogens (tertiary/aromatic N) is 1. The van der Waals surface area contributed by atoms with Crippen LogP contribution in [0.5, 0.6) is 0 Å². The number of hydrogen-bond donors (Lipinski definition) is 1. The molecule has 1 aliphatic rings. The highest BCUT2D eigenvalue weighted by Crippen LogP contribution is 2.30. The molecule has 1 saturated carbocycles. The second-order valence-corrected chi connectivity index (χ2v) is 6.40. The molecule has 1 unspecified atom stereocenters. The first-order valence-electron chi connectivity index (χ1n) is 7.41. The first-order valence-corrected chi connectivity index (χ1v) is 8.48. The van der Waals surface area contributed by atoms with E-state index in [9.17, 15) is 13.2 Å². The molecule has 0 saturated heterocycles.